The third-order valence-electron chi connectivity index (χ3n) is 5.38. The molecule has 0 spiro atoms. The number of nitrogens with two attached hydrogens (primary N) is 1. The normalized spacial score (nSPS) is 20.1. The predicted octanol–water partition coefficient (Wildman–Crippen LogP) is 3.05. The smallest absolute Gasteiger partial charge is 0.333 e. The number of halogens is 2. The summed E-state index contributed by atoms with van der Waals surface area (Å²) < 4.78 is 47.8. The highest BCUT2D eigenvalue weighted by Gasteiger charge is 2.60. The monoisotopic (exact) mass is 476 g/mol. The molecule has 0 saturated heterocycles. The number of hydrogen-bond donors (Lipinski definition) is 2. The van der Waals surface area contributed by atoms with E-state index in [0.29, 0.717) is 5.69 Å². The van der Waals surface area contributed by atoms with Gasteiger partial charge < -0.3 is 15.6 Å². The summed E-state index contributed by atoms with van der Waals surface area (Å²) in [6.07, 6.45) is 0. The Kier molecular flexibility index (Phi) is 5.36. The van der Waals surface area contributed by atoms with Crippen molar-refractivity contribution < 1.29 is 27.4 Å². The molecule has 32 heavy (non-hydrogen) atoms. The number of aliphatic hydroxyl groups is 1. The maximum atomic E-state index is 14.9. The lowest BCUT2D eigenvalue weighted by Gasteiger charge is -2.33. The first-order valence-corrected chi connectivity index (χ1v) is 11.2. The molecule has 2 atom stereocenters. The molecule has 4 rings (SSSR count). The summed E-state index contributed by atoms with van der Waals surface area (Å²) in [5.74, 6) is -1.91. The van der Waals surface area contributed by atoms with Gasteiger partial charge in [-0.15, -0.1) is 0 Å². The van der Waals surface area contributed by atoms with Crippen LogP contribution in [0.2, 0.25) is 5.02 Å². The zero-order valence-corrected chi connectivity index (χ0v) is 18.3. The number of ether oxygens (including phenoxy) is 1. The largest absolute Gasteiger partial charge is 0.467 e. The van der Waals surface area contributed by atoms with Crippen molar-refractivity contribution in [3.8, 4) is 0 Å². The standard InChI is InChI=1S/C22H18ClFN2O5S/c1-31-21(27)20-22(28,16-4-2-3-5-18(16)24)17-12-13(23)6-11-19(17)26(20)32(29,30)15-9-7-14(25)8-10-15/h2-12,20,28H,25H2,1H3. The van der Waals surface area contributed by atoms with Crippen molar-refractivity contribution in [2.24, 2.45) is 0 Å². The number of carbonyl (C=O) groups excluding carboxylic acids is 1. The van der Waals surface area contributed by atoms with Gasteiger partial charge in [-0.25, -0.2) is 21.9 Å². The van der Waals surface area contributed by atoms with Gasteiger partial charge in [0.2, 0.25) is 0 Å². The number of nitrogens with zero attached hydrogens (tertiary/aromatic N) is 1. The summed E-state index contributed by atoms with van der Waals surface area (Å²) in [7, 11) is -3.38. The van der Waals surface area contributed by atoms with Gasteiger partial charge in [-0.05, 0) is 48.5 Å². The topological polar surface area (TPSA) is 110 Å². The van der Waals surface area contributed by atoms with Gasteiger partial charge >= 0.3 is 5.97 Å². The lowest BCUT2D eigenvalue weighted by Crippen LogP contribution is -2.53. The molecule has 0 amide bonds. The second kappa shape index (κ2) is 7.77. The van der Waals surface area contributed by atoms with Crippen LogP contribution in [0, 0.1) is 5.82 Å². The Morgan fingerprint density at radius 2 is 1.78 bits per heavy atom. The van der Waals surface area contributed by atoms with Gasteiger partial charge in [0.05, 0.1) is 17.7 Å². The number of esters is 1. The SMILES string of the molecule is COC(=O)C1N(S(=O)(=O)c2ccc(N)cc2)c2ccc(Cl)cc2C1(O)c1ccccc1F. The van der Waals surface area contributed by atoms with Gasteiger partial charge in [0.1, 0.15) is 5.82 Å². The molecule has 0 radical (unpaired) electrons. The van der Waals surface area contributed by atoms with E-state index in [1.807, 2.05) is 0 Å². The van der Waals surface area contributed by atoms with Crippen LogP contribution in [0.15, 0.2) is 71.6 Å². The number of methoxy groups -OCH3 is 1. The fourth-order valence-electron chi connectivity index (χ4n) is 3.92. The number of rotatable bonds is 4. The fourth-order valence-corrected chi connectivity index (χ4v) is 5.74. The maximum Gasteiger partial charge on any atom is 0.333 e. The summed E-state index contributed by atoms with van der Waals surface area (Å²) in [5, 5.41) is 12.0. The first-order valence-electron chi connectivity index (χ1n) is 9.37. The summed E-state index contributed by atoms with van der Waals surface area (Å²) >= 11 is 6.13. The Balaban J connectivity index is 2.06. The van der Waals surface area contributed by atoms with E-state index in [2.05, 4.69) is 0 Å². The molecule has 0 bridgehead atoms. The molecule has 0 aromatic heterocycles. The van der Waals surface area contributed by atoms with Gasteiger partial charge in [-0.1, -0.05) is 29.8 Å². The van der Waals surface area contributed by atoms with Crippen molar-refractivity contribution >= 4 is 39.0 Å². The highest BCUT2D eigenvalue weighted by Crippen LogP contribution is 2.51. The number of hydrogen-bond acceptors (Lipinski definition) is 6. The van der Waals surface area contributed by atoms with Crippen molar-refractivity contribution in [3.63, 3.8) is 0 Å². The van der Waals surface area contributed by atoms with Crippen molar-refractivity contribution in [1.82, 2.24) is 0 Å². The molecule has 1 aliphatic rings. The minimum atomic E-state index is -4.43. The highest BCUT2D eigenvalue weighted by atomic mass is 35.5. The third kappa shape index (κ3) is 3.21. The molecule has 0 aliphatic carbocycles. The van der Waals surface area contributed by atoms with Crippen LogP contribution in [0.5, 0.6) is 0 Å². The summed E-state index contributed by atoms with van der Waals surface area (Å²) in [4.78, 5) is 12.8. The highest BCUT2D eigenvalue weighted by molar-refractivity contribution is 7.93. The van der Waals surface area contributed by atoms with Crippen molar-refractivity contribution in [2.45, 2.75) is 16.5 Å². The Morgan fingerprint density at radius 3 is 2.41 bits per heavy atom. The lowest BCUT2D eigenvalue weighted by molar-refractivity contribution is -0.146. The molecule has 3 N–H and O–H groups in total. The molecule has 10 heteroatoms. The van der Waals surface area contributed by atoms with E-state index in [0.717, 1.165) is 17.5 Å². The maximum absolute atomic E-state index is 14.9. The van der Waals surface area contributed by atoms with Crippen LogP contribution in [0.25, 0.3) is 0 Å². The quantitative estimate of drug-likeness (QED) is 0.442. The second-order valence-corrected chi connectivity index (χ2v) is 9.45. The van der Waals surface area contributed by atoms with E-state index in [4.69, 9.17) is 22.1 Å². The van der Waals surface area contributed by atoms with E-state index in [9.17, 15) is 22.7 Å². The van der Waals surface area contributed by atoms with Crippen molar-refractivity contribution in [2.75, 3.05) is 17.1 Å². The summed E-state index contributed by atoms with van der Waals surface area (Å²) in [6.45, 7) is 0. The third-order valence-corrected chi connectivity index (χ3v) is 7.41. The second-order valence-electron chi connectivity index (χ2n) is 7.20. The van der Waals surface area contributed by atoms with Gasteiger partial charge in [0, 0.05) is 21.8 Å². The zero-order valence-electron chi connectivity index (χ0n) is 16.7. The van der Waals surface area contributed by atoms with Crippen LogP contribution in [0.1, 0.15) is 11.1 Å². The molecule has 1 aliphatic heterocycles. The van der Waals surface area contributed by atoms with Crippen molar-refractivity contribution in [1.29, 1.82) is 0 Å². The van der Waals surface area contributed by atoms with E-state index in [1.165, 1.54) is 60.7 Å². The predicted molar refractivity (Wildman–Crippen MR) is 117 cm³/mol. The van der Waals surface area contributed by atoms with Crippen LogP contribution < -0.4 is 10.0 Å². The van der Waals surface area contributed by atoms with Gasteiger partial charge in [-0.2, -0.15) is 0 Å². The fraction of sp³-hybridized carbons (Fsp3) is 0.136. The van der Waals surface area contributed by atoms with Crippen LogP contribution in [0.3, 0.4) is 0 Å². The summed E-state index contributed by atoms with van der Waals surface area (Å²) in [5.41, 5.74) is 3.21. The molecular formula is C22H18ClFN2O5S. The van der Waals surface area contributed by atoms with E-state index >= 15 is 0 Å². The average Bonchev–Trinajstić information content (AvgIpc) is 3.03. The number of nitrogen functional groups attached to an aromatic ring is 1. The molecule has 3 aromatic rings. The van der Waals surface area contributed by atoms with Crippen LogP contribution in [0.4, 0.5) is 15.8 Å². The van der Waals surface area contributed by atoms with E-state index in [1.54, 1.807) is 0 Å². The first-order chi connectivity index (χ1) is 15.1. The molecule has 166 valence electrons. The van der Waals surface area contributed by atoms with Gasteiger partial charge in [-0.3, -0.25) is 0 Å². The van der Waals surface area contributed by atoms with Crippen LogP contribution >= 0.6 is 11.6 Å². The van der Waals surface area contributed by atoms with Crippen molar-refractivity contribution in [3.05, 3.63) is 88.7 Å². The Hall–Kier alpha value is -3.14. The molecule has 3 aromatic carbocycles. The molecule has 7 nitrogen and oxygen atoms in total. The number of benzene rings is 3. The number of carbonyl (C=O) groups is 1. The number of fused-ring (bicyclic) bond motifs is 1. The first kappa shape index (κ1) is 22.1. The van der Waals surface area contributed by atoms with E-state index in [-0.39, 0.29) is 26.7 Å². The molecule has 1 heterocycles. The lowest BCUT2D eigenvalue weighted by atomic mass is 9.82. The Labute approximate surface area is 188 Å². The molecule has 2 unspecified atom stereocenters. The minimum Gasteiger partial charge on any atom is -0.467 e. The van der Waals surface area contributed by atoms with Gasteiger partial charge in [0.25, 0.3) is 10.0 Å². The van der Waals surface area contributed by atoms with Crippen LogP contribution in [-0.4, -0.2) is 32.6 Å². The molecular weight excluding hydrogens is 459 g/mol. The average molecular weight is 477 g/mol. The van der Waals surface area contributed by atoms with Crippen LogP contribution in [-0.2, 0) is 25.2 Å². The molecule has 0 fully saturated rings. The van der Waals surface area contributed by atoms with Gasteiger partial charge in [0.15, 0.2) is 11.6 Å². The van der Waals surface area contributed by atoms with E-state index < -0.39 is 33.5 Å². The number of sulfonamides is 1. The minimum absolute atomic E-state index is 0.0348. The molecule has 0 saturated carbocycles. The Bertz CT molecular complexity index is 1320. The number of anilines is 2. The zero-order chi connectivity index (χ0) is 23.3. The Morgan fingerprint density at radius 1 is 1.12 bits per heavy atom. The summed E-state index contributed by atoms with van der Waals surface area (Å²) in [6, 6.07) is 12.8.